The van der Waals surface area contributed by atoms with Crippen LogP contribution in [0.25, 0.3) is 0 Å². The zero-order chi connectivity index (χ0) is 19.1. The fourth-order valence-electron chi connectivity index (χ4n) is 2.95. The second kappa shape index (κ2) is 9.31. The third kappa shape index (κ3) is 11.9. The fourth-order valence-corrected chi connectivity index (χ4v) is 3.50. The maximum Gasteiger partial charge on any atom is 0.235 e. The van der Waals surface area contributed by atoms with Gasteiger partial charge in [0.2, 0.25) is 5.91 Å². The van der Waals surface area contributed by atoms with E-state index in [-0.39, 0.29) is 16.7 Å². The lowest BCUT2D eigenvalue weighted by atomic mass is 9.84. The van der Waals surface area contributed by atoms with Crippen LogP contribution in [0.1, 0.15) is 68.7 Å². The van der Waals surface area contributed by atoms with Crippen molar-refractivity contribution in [2.24, 2.45) is 10.8 Å². The van der Waals surface area contributed by atoms with Gasteiger partial charge >= 0.3 is 0 Å². The lowest BCUT2D eigenvalue weighted by molar-refractivity contribution is -0.894. The number of hydrogen-bond acceptors (Lipinski definition) is 2. The van der Waals surface area contributed by atoms with E-state index in [1.54, 1.807) is 0 Å². The second-order valence-electron chi connectivity index (χ2n) is 9.27. The van der Waals surface area contributed by atoms with Crippen molar-refractivity contribution in [2.45, 2.75) is 73.5 Å². The summed E-state index contributed by atoms with van der Waals surface area (Å²) in [6.45, 7) is 21.8. The molecule has 0 rings (SSSR count). The molecule has 23 heavy (non-hydrogen) atoms. The molecular formula is C19H43N2OS+. The number of thiol groups is 1. The van der Waals surface area contributed by atoms with Crippen LogP contribution >= 0.6 is 12.6 Å². The van der Waals surface area contributed by atoms with Crippen LogP contribution in [0.15, 0.2) is 0 Å². The average molecular weight is 348 g/mol. The van der Waals surface area contributed by atoms with Gasteiger partial charge in [0.25, 0.3) is 0 Å². The Balaban J connectivity index is 0. The molecule has 0 heterocycles. The van der Waals surface area contributed by atoms with E-state index < -0.39 is 4.75 Å². The highest BCUT2D eigenvalue weighted by molar-refractivity contribution is 7.82. The van der Waals surface area contributed by atoms with Gasteiger partial charge in [0.05, 0.1) is 31.9 Å². The molecule has 3 nitrogen and oxygen atoms in total. The molecule has 0 spiro atoms. The number of quaternary nitrogens is 1. The molecule has 0 radical (unpaired) electrons. The van der Waals surface area contributed by atoms with Crippen LogP contribution in [0.3, 0.4) is 0 Å². The first-order valence-corrected chi connectivity index (χ1v) is 9.38. The number of carbonyl (C=O) groups is 1. The summed E-state index contributed by atoms with van der Waals surface area (Å²) in [7, 11) is 4.46. The van der Waals surface area contributed by atoms with Crippen molar-refractivity contribution in [2.75, 3.05) is 33.7 Å². The number of hydrogen-bond donors (Lipinski definition) is 2. The summed E-state index contributed by atoms with van der Waals surface area (Å²) in [6.07, 6.45) is 0.756. The van der Waals surface area contributed by atoms with Crippen molar-refractivity contribution in [3.8, 4) is 0 Å². The van der Waals surface area contributed by atoms with Crippen molar-refractivity contribution in [3.05, 3.63) is 0 Å². The van der Waals surface area contributed by atoms with Gasteiger partial charge < -0.3 is 9.80 Å². The molecular weight excluding hydrogens is 304 g/mol. The Morgan fingerprint density at radius 1 is 1.04 bits per heavy atom. The monoisotopic (exact) mass is 347 g/mol. The zero-order valence-electron chi connectivity index (χ0n) is 17.6. The van der Waals surface area contributed by atoms with Gasteiger partial charge in [-0.25, -0.2) is 0 Å². The standard InChI is InChI=1S/C17H36N2OS.C2H6/c1-10-19(8,9)13-16(5,6)12-18-14(20)17(7,21)11-15(2,3)4;1-2/h10-13H2,1-9H3,(H-,18,20,21);1-2H3/p+1. The van der Waals surface area contributed by atoms with Gasteiger partial charge in [0, 0.05) is 12.0 Å². The molecule has 0 bridgehead atoms. The number of rotatable bonds is 7. The molecule has 0 saturated heterocycles. The number of nitrogens with zero attached hydrogens (tertiary/aromatic N) is 1. The average Bonchev–Trinajstić information content (AvgIpc) is 2.34. The summed E-state index contributed by atoms with van der Waals surface area (Å²) >= 11 is 4.59. The summed E-state index contributed by atoms with van der Waals surface area (Å²) in [5.41, 5.74) is 0.158. The molecule has 0 fully saturated rings. The van der Waals surface area contributed by atoms with Gasteiger partial charge in [-0.1, -0.05) is 48.5 Å². The van der Waals surface area contributed by atoms with Gasteiger partial charge in [-0.3, -0.25) is 4.79 Å². The molecule has 0 aliphatic rings. The molecule has 1 atom stereocenters. The minimum absolute atomic E-state index is 0.0376. The summed E-state index contributed by atoms with van der Waals surface area (Å²) in [6, 6.07) is 0. The maximum absolute atomic E-state index is 12.4. The summed E-state index contributed by atoms with van der Waals surface area (Å²) < 4.78 is 0.340. The Bertz CT molecular complexity index is 355. The van der Waals surface area contributed by atoms with Gasteiger partial charge in [-0.15, -0.1) is 0 Å². The fraction of sp³-hybridized carbons (Fsp3) is 0.947. The quantitative estimate of drug-likeness (QED) is 0.519. The van der Waals surface area contributed by atoms with Crippen molar-refractivity contribution >= 4 is 18.5 Å². The topological polar surface area (TPSA) is 29.1 Å². The zero-order valence-corrected chi connectivity index (χ0v) is 18.5. The minimum atomic E-state index is -0.622. The number of carbonyl (C=O) groups excluding carboxylic acids is 1. The smallest absolute Gasteiger partial charge is 0.235 e. The Morgan fingerprint density at radius 2 is 1.48 bits per heavy atom. The van der Waals surface area contributed by atoms with E-state index in [9.17, 15) is 4.79 Å². The third-order valence-corrected chi connectivity index (χ3v) is 4.16. The second-order valence-corrected chi connectivity index (χ2v) is 10.3. The maximum atomic E-state index is 12.4. The van der Waals surface area contributed by atoms with E-state index in [4.69, 9.17) is 0 Å². The third-order valence-electron chi connectivity index (χ3n) is 3.80. The van der Waals surface area contributed by atoms with E-state index in [0.717, 1.165) is 24.0 Å². The molecule has 0 aliphatic carbocycles. The van der Waals surface area contributed by atoms with Gasteiger partial charge in [0.15, 0.2) is 0 Å². The lowest BCUT2D eigenvalue weighted by Gasteiger charge is -2.37. The molecule has 1 N–H and O–H groups in total. The predicted molar refractivity (Wildman–Crippen MR) is 107 cm³/mol. The molecule has 0 saturated carbocycles. The first-order chi connectivity index (χ1) is 10.1. The number of nitrogens with one attached hydrogen (secondary N) is 1. The minimum Gasteiger partial charge on any atom is -0.354 e. The Kier molecular flexibility index (Phi) is 10.1. The van der Waals surface area contributed by atoms with Crippen LogP contribution in [0, 0.1) is 10.8 Å². The van der Waals surface area contributed by atoms with Crippen molar-refractivity contribution in [1.29, 1.82) is 0 Å². The SMILES string of the molecule is CC.CC[N+](C)(C)CC(C)(C)CNC(=O)C(C)(S)CC(C)(C)C. The van der Waals surface area contributed by atoms with Gasteiger partial charge in [-0.05, 0) is 25.7 Å². The Morgan fingerprint density at radius 3 is 1.83 bits per heavy atom. The molecule has 4 heteroatoms. The lowest BCUT2D eigenvalue weighted by Crippen LogP contribution is -2.52. The van der Waals surface area contributed by atoms with Crippen molar-refractivity contribution < 1.29 is 9.28 Å². The Hall–Kier alpha value is -0.220. The van der Waals surface area contributed by atoms with E-state index >= 15 is 0 Å². The molecule has 0 aliphatic heterocycles. The van der Waals surface area contributed by atoms with Crippen molar-refractivity contribution in [3.63, 3.8) is 0 Å². The Labute approximate surface area is 151 Å². The van der Waals surface area contributed by atoms with Gasteiger partial charge in [0.1, 0.15) is 0 Å². The highest BCUT2D eigenvalue weighted by Crippen LogP contribution is 2.32. The van der Waals surface area contributed by atoms with E-state index in [0.29, 0.717) is 6.54 Å². The van der Waals surface area contributed by atoms with Crippen LogP contribution in [-0.2, 0) is 4.79 Å². The predicted octanol–water partition coefficient (Wildman–Crippen LogP) is 4.38. The first kappa shape index (κ1) is 25.0. The van der Waals surface area contributed by atoms with Crippen LogP contribution in [0.4, 0.5) is 0 Å². The highest BCUT2D eigenvalue weighted by Gasteiger charge is 2.35. The van der Waals surface area contributed by atoms with Crippen LogP contribution in [0.5, 0.6) is 0 Å². The van der Waals surface area contributed by atoms with Crippen LogP contribution < -0.4 is 5.32 Å². The van der Waals surface area contributed by atoms with Crippen molar-refractivity contribution in [1.82, 2.24) is 5.32 Å². The summed E-state index contributed by atoms with van der Waals surface area (Å²) in [5.74, 6) is 0.0376. The molecule has 1 amide bonds. The molecule has 140 valence electrons. The molecule has 1 unspecified atom stereocenters. The highest BCUT2D eigenvalue weighted by atomic mass is 32.1. The largest absolute Gasteiger partial charge is 0.354 e. The van der Waals surface area contributed by atoms with Gasteiger partial charge in [-0.2, -0.15) is 12.6 Å². The summed E-state index contributed by atoms with van der Waals surface area (Å²) in [4.78, 5) is 12.4. The van der Waals surface area contributed by atoms with E-state index in [2.05, 4.69) is 73.6 Å². The van der Waals surface area contributed by atoms with Crippen LogP contribution in [-0.4, -0.2) is 48.9 Å². The van der Waals surface area contributed by atoms with E-state index in [1.807, 2.05) is 20.8 Å². The molecule has 0 aromatic carbocycles. The molecule has 0 aromatic heterocycles. The number of amides is 1. The van der Waals surface area contributed by atoms with E-state index in [1.165, 1.54) is 0 Å². The normalized spacial score (nSPS) is 15.3. The first-order valence-electron chi connectivity index (χ1n) is 8.93. The molecule has 0 aromatic rings. The summed E-state index contributed by atoms with van der Waals surface area (Å²) in [5, 5.41) is 3.11. The van der Waals surface area contributed by atoms with Crippen LogP contribution in [0.2, 0.25) is 0 Å².